The predicted octanol–water partition coefficient (Wildman–Crippen LogP) is 3.46. The van der Waals surface area contributed by atoms with E-state index in [2.05, 4.69) is 4.98 Å². The van der Waals surface area contributed by atoms with Crippen molar-refractivity contribution in [2.24, 2.45) is 0 Å². The maximum absolute atomic E-state index is 12.2. The van der Waals surface area contributed by atoms with Gasteiger partial charge in [-0.3, -0.25) is 0 Å². The molecule has 0 radical (unpaired) electrons. The molecule has 1 aromatic heterocycles. The maximum atomic E-state index is 12.2. The standard InChI is InChI=1S/C16H15NO2/c1-16(9-10-16)19-15(18)14-13(8-5-11-17-14)12-6-3-2-4-7-12/h2-8,11H,9-10H2,1H3. The number of carbonyl (C=O) groups is 1. The molecule has 1 saturated carbocycles. The Labute approximate surface area is 112 Å². The molecule has 1 aliphatic rings. The molecule has 1 fully saturated rings. The molecule has 0 atom stereocenters. The number of hydrogen-bond donors (Lipinski definition) is 0. The van der Waals surface area contributed by atoms with Gasteiger partial charge >= 0.3 is 5.97 Å². The van der Waals surface area contributed by atoms with Crippen LogP contribution in [0, 0.1) is 0 Å². The van der Waals surface area contributed by atoms with Gasteiger partial charge in [0.2, 0.25) is 0 Å². The van der Waals surface area contributed by atoms with Crippen molar-refractivity contribution in [1.82, 2.24) is 4.98 Å². The monoisotopic (exact) mass is 253 g/mol. The fourth-order valence-corrected chi connectivity index (χ4v) is 1.97. The Kier molecular flexibility index (Phi) is 2.82. The molecule has 0 spiro atoms. The molecular weight excluding hydrogens is 238 g/mol. The molecule has 3 nitrogen and oxygen atoms in total. The molecule has 0 bridgehead atoms. The van der Waals surface area contributed by atoms with Crippen LogP contribution < -0.4 is 0 Å². The average molecular weight is 253 g/mol. The van der Waals surface area contributed by atoms with Crippen LogP contribution >= 0.6 is 0 Å². The SMILES string of the molecule is CC1(OC(=O)c2ncccc2-c2ccccc2)CC1. The van der Waals surface area contributed by atoms with E-state index in [1.807, 2.05) is 49.4 Å². The summed E-state index contributed by atoms with van der Waals surface area (Å²) in [4.78, 5) is 16.4. The zero-order valence-electron chi connectivity index (χ0n) is 10.8. The maximum Gasteiger partial charge on any atom is 0.358 e. The van der Waals surface area contributed by atoms with Crippen molar-refractivity contribution in [3.05, 3.63) is 54.4 Å². The minimum Gasteiger partial charge on any atom is -0.455 e. The first-order valence-corrected chi connectivity index (χ1v) is 6.42. The summed E-state index contributed by atoms with van der Waals surface area (Å²) in [6, 6.07) is 13.5. The van der Waals surface area contributed by atoms with E-state index in [-0.39, 0.29) is 11.6 Å². The predicted molar refractivity (Wildman–Crippen MR) is 72.7 cm³/mol. The Balaban J connectivity index is 1.95. The first-order chi connectivity index (χ1) is 9.18. The third-order valence-electron chi connectivity index (χ3n) is 3.38. The van der Waals surface area contributed by atoms with Gasteiger partial charge in [-0.05, 0) is 31.4 Å². The number of hydrogen-bond acceptors (Lipinski definition) is 3. The highest BCUT2D eigenvalue weighted by Crippen LogP contribution is 2.39. The molecule has 0 aliphatic heterocycles. The van der Waals surface area contributed by atoms with Gasteiger partial charge in [-0.25, -0.2) is 9.78 Å². The first-order valence-electron chi connectivity index (χ1n) is 6.42. The molecule has 3 heteroatoms. The third-order valence-corrected chi connectivity index (χ3v) is 3.38. The number of aromatic nitrogens is 1. The molecule has 0 saturated heterocycles. The van der Waals surface area contributed by atoms with Crippen molar-refractivity contribution < 1.29 is 9.53 Å². The van der Waals surface area contributed by atoms with Crippen LogP contribution in [0.2, 0.25) is 0 Å². The van der Waals surface area contributed by atoms with E-state index in [4.69, 9.17) is 4.74 Å². The van der Waals surface area contributed by atoms with Crippen LogP contribution in [-0.4, -0.2) is 16.6 Å². The summed E-state index contributed by atoms with van der Waals surface area (Å²) in [5.41, 5.74) is 1.91. The fourth-order valence-electron chi connectivity index (χ4n) is 1.97. The molecule has 0 N–H and O–H groups in total. The Morgan fingerprint density at radius 1 is 1.16 bits per heavy atom. The van der Waals surface area contributed by atoms with Crippen LogP contribution in [0.1, 0.15) is 30.3 Å². The van der Waals surface area contributed by atoms with Crippen molar-refractivity contribution >= 4 is 5.97 Å². The summed E-state index contributed by atoms with van der Waals surface area (Å²) in [7, 11) is 0. The Morgan fingerprint density at radius 2 is 1.89 bits per heavy atom. The van der Waals surface area contributed by atoms with Crippen LogP contribution in [0.4, 0.5) is 0 Å². The number of pyridine rings is 1. The highest BCUT2D eigenvalue weighted by molar-refractivity contribution is 5.95. The van der Waals surface area contributed by atoms with Gasteiger partial charge in [-0.2, -0.15) is 0 Å². The second-order valence-electron chi connectivity index (χ2n) is 5.11. The van der Waals surface area contributed by atoms with Crippen molar-refractivity contribution in [2.75, 3.05) is 0 Å². The summed E-state index contributed by atoms with van der Waals surface area (Å²) in [6.45, 7) is 1.95. The van der Waals surface area contributed by atoms with Crippen LogP contribution in [0.15, 0.2) is 48.7 Å². The van der Waals surface area contributed by atoms with Crippen LogP contribution in [-0.2, 0) is 4.74 Å². The Hall–Kier alpha value is -2.16. The van der Waals surface area contributed by atoms with Gasteiger partial charge in [0.25, 0.3) is 0 Å². The Bertz CT molecular complexity index is 603. The molecule has 0 unspecified atom stereocenters. The Morgan fingerprint density at radius 3 is 2.58 bits per heavy atom. The van der Waals surface area contributed by atoms with E-state index >= 15 is 0 Å². The summed E-state index contributed by atoms with van der Waals surface area (Å²) >= 11 is 0. The van der Waals surface area contributed by atoms with Gasteiger partial charge in [0.05, 0.1) is 0 Å². The van der Waals surface area contributed by atoms with E-state index in [0.717, 1.165) is 24.0 Å². The number of ether oxygens (including phenoxy) is 1. The third kappa shape index (κ3) is 2.50. The van der Waals surface area contributed by atoms with Crippen molar-refractivity contribution in [3.8, 4) is 11.1 Å². The van der Waals surface area contributed by atoms with Crippen molar-refractivity contribution in [1.29, 1.82) is 0 Å². The number of carbonyl (C=O) groups excluding carboxylic acids is 1. The topological polar surface area (TPSA) is 39.2 Å². The zero-order chi connectivity index (χ0) is 13.3. The largest absolute Gasteiger partial charge is 0.455 e. The number of rotatable bonds is 3. The van der Waals surface area contributed by atoms with Gasteiger partial charge in [0.1, 0.15) is 5.60 Å². The number of nitrogens with zero attached hydrogens (tertiary/aromatic N) is 1. The second kappa shape index (κ2) is 4.50. The van der Waals surface area contributed by atoms with Gasteiger partial charge < -0.3 is 4.74 Å². The lowest BCUT2D eigenvalue weighted by Gasteiger charge is -2.12. The molecule has 2 aromatic rings. The highest BCUT2D eigenvalue weighted by atomic mass is 16.6. The van der Waals surface area contributed by atoms with Crippen molar-refractivity contribution in [2.45, 2.75) is 25.4 Å². The first kappa shape index (κ1) is 11.9. The molecule has 0 amide bonds. The number of benzene rings is 1. The van der Waals surface area contributed by atoms with Crippen LogP contribution in [0.5, 0.6) is 0 Å². The normalized spacial score (nSPS) is 15.8. The van der Waals surface area contributed by atoms with E-state index in [9.17, 15) is 4.79 Å². The lowest BCUT2D eigenvalue weighted by molar-refractivity contribution is 0.0271. The van der Waals surface area contributed by atoms with E-state index in [1.54, 1.807) is 6.20 Å². The molecule has 3 rings (SSSR count). The van der Waals surface area contributed by atoms with Gasteiger partial charge in [0, 0.05) is 11.8 Å². The minimum absolute atomic E-state index is 0.275. The van der Waals surface area contributed by atoms with E-state index < -0.39 is 0 Å². The van der Waals surface area contributed by atoms with E-state index in [1.165, 1.54) is 0 Å². The highest BCUT2D eigenvalue weighted by Gasteiger charge is 2.42. The summed E-state index contributed by atoms with van der Waals surface area (Å²) < 4.78 is 5.50. The van der Waals surface area contributed by atoms with Gasteiger partial charge in [0.15, 0.2) is 5.69 Å². The van der Waals surface area contributed by atoms with Crippen molar-refractivity contribution in [3.63, 3.8) is 0 Å². The summed E-state index contributed by atoms with van der Waals surface area (Å²) in [5.74, 6) is -0.334. The lowest BCUT2D eigenvalue weighted by Crippen LogP contribution is -2.17. The second-order valence-corrected chi connectivity index (χ2v) is 5.11. The molecule has 1 aliphatic carbocycles. The molecule has 1 aromatic carbocycles. The lowest BCUT2D eigenvalue weighted by atomic mass is 10.0. The molecule has 96 valence electrons. The zero-order valence-corrected chi connectivity index (χ0v) is 10.8. The molecular formula is C16H15NO2. The fraction of sp³-hybridized carbons (Fsp3) is 0.250. The van der Waals surface area contributed by atoms with Crippen LogP contribution in [0.3, 0.4) is 0 Å². The van der Waals surface area contributed by atoms with Gasteiger partial charge in [-0.15, -0.1) is 0 Å². The smallest absolute Gasteiger partial charge is 0.358 e. The summed E-state index contributed by atoms with van der Waals surface area (Å²) in [6.07, 6.45) is 3.50. The number of esters is 1. The average Bonchev–Trinajstić information content (AvgIpc) is 3.17. The summed E-state index contributed by atoms with van der Waals surface area (Å²) in [5, 5.41) is 0. The van der Waals surface area contributed by atoms with Crippen LogP contribution in [0.25, 0.3) is 11.1 Å². The molecule has 19 heavy (non-hydrogen) atoms. The quantitative estimate of drug-likeness (QED) is 0.786. The molecule has 1 heterocycles. The van der Waals surface area contributed by atoms with Gasteiger partial charge in [-0.1, -0.05) is 36.4 Å². The van der Waals surface area contributed by atoms with E-state index in [0.29, 0.717) is 5.69 Å². The minimum atomic E-state index is -0.334.